The Morgan fingerprint density at radius 1 is 1.05 bits per heavy atom. The maximum absolute atomic E-state index is 6.18. The van der Waals surface area contributed by atoms with Gasteiger partial charge in [-0.3, -0.25) is 0 Å². The minimum Gasteiger partial charge on any atom is -0.497 e. The summed E-state index contributed by atoms with van der Waals surface area (Å²) < 4.78 is 10.8. The fourth-order valence-electron chi connectivity index (χ4n) is 1.83. The topological polar surface area (TPSA) is 47.1 Å². The Morgan fingerprint density at radius 3 is 2.45 bits per heavy atom. The van der Waals surface area contributed by atoms with Gasteiger partial charge < -0.3 is 14.5 Å². The van der Waals surface area contributed by atoms with E-state index in [2.05, 4.69) is 9.97 Å². The van der Waals surface area contributed by atoms with Crippen LogP contribution in [0.1, 0.15) is 0 Å². The number of nitrogens with one attached hydrogen (secondary N) is 1. The second-order valence-electron chi connectivity index (χ2n) is 4.10. The number of halogens is 2. The first-order chi connectivity index (χ1) is 9.65. The van der Waals surface area contributed by atoms with E-state index in [1.54, 1.807) is 31.4 Å². The lowest BCUT2D eigenvalue weighted by Crippen LogP contribution is -1.87. The molecular formula is C14H10Cl2N2O2. The van der Waals surface area contributed by atoms with Crippen LogP contribution in [-0.2, 0) is 0 Å². The summed E-state index contributed by atoms with van der Waals surface area (Å²) in [5, 5.41) is 0.797. The molecule has 102 valence electrons. The third kappa shape index (κ3) is 2.53. The summed E-state index contributed by atoms with van der Waals surface area (Å²) in [4.78, 5) is 7.04. The van der Waals surface area contributed by atoms with E-state index in [0.29, 0.717) is 27.3 Å². The number of aromatic amines is 1. The van der Waals surface area contributed by atoms with E-state index in [0.717, 1.165) is 11.3 Å². The van der Waals surface area contributed by atoms with Crippen molar-refractivity contribution in [1.29, 1.82) is 0 Å². The van der Waals surface area contributed by atoms with Crippen LogP contribution in [-0.4, -0.2) is 17.1 Å². The summed E-state index contributed by atoms with van der Waals surface area (Å²) in [6, 6.07) is 10.7. The smallest absolute Gasteiger partial charge is 0.201 e. The second-order valence-corrected chi connectivity index (χ2v) is 4.87. The molecule has 0 saturated carbocycles. The first-order valence-electron chi connectivity index (χ1n) is 5.82. The van der Waals surface area contributed by atoms with Crippen LogP contribution < -0.4 is 9.47 Å². The average molecular weight is 309 g/mol. The zero-order valence-electron chi connectivity index (χ0n) is 10.5. The van der Waals surface area contributed by atoms with E-state index in [1.165, 1.54) is 0 Å². The van der Waals surface area contributed by atoms with Gasteiger partial charge in [-0.15, -0.1) is 0 Å². The minimum absolute atomic E-state index is 0.317. The molecule has 0 spiro atoms. The molecule has 6 heteroatoms. The Balaban J connectivity index is 1.94. The Labute approximate surface area is 125 Å². The number of hydrogen-bond acceptors (Lipinski definition) is 3. The third-order valence-corrected chi connectivity index (χ3v) is 3.27. The van der Waals surface area contributed by atoms with Crippen molar-refractivity contribution in [1.82, 2.24) is 9.97 Å². The molecule has 1 heterocycles. The van der Waals surface area contributed by atoms with Gasteiger partial charge in [0.2, 0.25) is 5.28 Å². The zero-order valence-corrected chi connectivity index (χ0v) is 12.0. The lowest BCUT2D eigenvalue weighted by molar-refractivity contribution is 0.413. The van der Waals surface area contributed by atoms with Crippen LogP contribution in [0.2, 0.25) is 10.3 Å². The van der Waals surface area contributed by atoms with Gasteiger partial charge in [-0.25, -0.2) is 4.98 Å². The summed E-state index contributed by atoms with van der Waals surface area (Å²) in [6.07, 6.45) is 0. The lowest BCUT2D eigenvalue weighted by Gasteiger charge is -2.08. The van der Waals surface area contributed by atoms with Gasteiger partial charge in [-0.1, -0.05) is 11.6 Å². The number of rotatable bonds is 3. The third-order valence-electron chi connectivity index (χ3n) is 2.79. The quantitative estimate of drug-likeness (QED) is 0.764. The molecule has 1 aromatic heterocycles. The first kappa shape index (κ1) is 13.1. The molecule has 0 bridgehead atoms. The molecule has 4 nitrogen and oxygen atoms in total. The number of methoxy groups -OCH3 is 1. The van der Waals surface area contributed by atoms with E-state index in [-0.39, 0.29) is 0 Å². The monoisotopic (exact) mass is 308 g/mol. The maximum Gasteiger partial charge on any atom is 0.201 e. The predicted octanol–water partition coefficient (Wildman–Crippen LogP) is 4.67. The molecule has 3 aromatic rings. The van der Waals surface area contributed by atoms with Gasteiger partial charge >= 0.3 is 0 Å². The lowest BCUT2D eigenvalue weighted by atomic mass is 10.3. The van der Waals surface area contributed by atoms with Crippen molar-refractivity contribution < 1.29 is 9.47 Å². The first-order valence-corrected chi connectivity index (χ1v) is 6.58. The maximum atomic E-state index is 6.18. The van der Waals surface area contributed by atoms with E-state index in [1.807, 2.05) is 12.1 Å². The fraction of sp³-hybridized carbons (Fsp3) is 0.0714. The van der Waals surface area contributed by atoms with Crippen molar-refractivity contribution in [2.24, 2.45) is 0 Å². The van der Waals surface area contributed by atoms with E-state index < -0.39 is 0 Å². The summed E-state index contributed by atoms with van der Waals surface area (Å²) in [5.41, 5.74) is 1.46. The van der Waals surface area contributed by atoms with E-state index in [9.17, 15) is 0 Å². The molecule has 0 amide bonds. The van der Waals surface area contributed by atoms with Gasteiger partial charge in [0, 0.05) is 6.07 Å². The van der Waals surface area contributed by atoms with Gasteiger partial charge in [0.05, 0.1) is 23.2 Å². The second kappa shape index (κ2) is 5.23. The molecule has 20 heavy (non-hydrogen) atoms. The summed E-state index contributed by atoms with van der Waals surface area (Å²) >= 11 is 12.0. The molecule has 3 rings (SSSR count). The zero-order chi connectivity index (χ0) is 14.1. The number of fused-ring (bicyclic) bond motifs is 1. The highest BCUT2D eigenvalue weighted by Crippen LogP contribution is 2.33. The van der Waals surface area contributed by atoms with Crippen molar-refractivity contribution >= 4 is 34.2 Å². The number of benzene rings is 2. The predicted molar refractivity (Wildman–Crippen MR) is 79.2 cm³/mol. The normalized spacial score (nSPS) is 10.8. The van der Waals surface area contributed by atoms with Crippen molar-refractivity contribution in [3.05, 3.63) is 46.7 Å². The molecule has 0 atom stereocenters. The molecule has 0 saturated heterocycles. The Morgan fingerprint density at radius 2 is 1.75 bits per heavy atom. The van der Waals surface area contributed by atoms with Crippen LogP contribution in [0.25, 0.3) is 11.0 Å². The molecule has 2 aromatic carbocycles. The van der Waals surface area contributed by atoms with Gasteiger partial charge in [-0.2, -0.15) is 0 Å². The van der Waals surface area contributed by atoms with Crippen LogP contribution in [0.15, 0.2) is 36.4 Å². The summed E-state index contributed by atoms with van der Waals surface area (Å²) in [6.45, 7) is 0. The highest BCUT2D eigenvalue weighted by atomic mass is 35.5. The Bertz CT molecular complexity index is 754. The van der Waals surface area contributed by atoms with Gasteiger partial charge in [0.15, 0.2) is 0 Å². The molecule has 0 aliphatic carbocycles. The van der Waals surface area contributed by atoms with Crippen molar-refractivity contribution in [2.45, 2.75) is 0 Å². The highest BCUT2D eigenvalue weighted by molar-refractivity contribution is 6.33. The molecule has 0 radical (unpaired) electrons. The Kier molecular flexibility index (Phi) is 3.42. The van der Waals surface area contributed by atoms with Crippen molar-refractivity contribution in [3.8, 4) is 17.2 Å². The van der Waals surface area contributed by atoms with Gasteiger partial charge in [-0.05, 0) is 41.9 Å². The highest BCUT2D eigenvalue weighted by Gasteiger charge is 2.09. The Hall–Kier alpha value is -1.91. The SMILES string of the molecule is COc1ccc(Oc2cc3nc(Cl)[nH]c3cc2Cl)cc1. The molecule has 0 fully saturated rings. The average Bonchev–Trinajstić information content (AvgIpc) is 2.79. The van der Waals surface area contributed by atoms with Gasteiger partial charge in [0.25, 0.3) is 0 Å². The number of hydrogen-bond donors (Lipinski definition) is 1. The van der Waals surface area contributed by atoms with Crippen LogP contribution in [0.4, 0.5) is 0 Å². The summed E-state index contributed by atoms with van der Waals surface area (Å²) in [5.74, 6) is 1.94. The molecular weight excluding hydrogens is 299 g/mol. The summed E-state index contributed by atoms with van der Waals surface area (Å²) in [7, 11) is 1.61. The van der Waals surface area contributed by atoms with Crippen LogP contribution >= 0.6 is 23.2 Å². The van der Waals surface area contributed by atoms with Gasteiger partial charge in [0.1, 0.15) is 17.2 Å². The molecule has 1 N–H and O–H groups in total. The van der Waals surface area contributed by atoms with Crippen molar-refractivity contribution in [2.75, 3.05) is 7.11 Å². The van der Waals surface area contributed by atoms with Crippen LogP contribution in [0.5, 0.6) is 17.2 Å². The van der Waals surface area contributed by atoms with E-state index in [4.69, 9.17) is 32.7 Å². The van der Waals surface area contributed by atoms with Crippen LogP contribution in [0.3, 0.4) is 0 Å². The van der Waals surface area contributed by atoms with Crippen LogP contribution in [0, 0.1) is 0 Å². The number of imidazole rings is 1. The molecule has 0 aliphatic heterocycles. The largest absolute Gasteiger partial charge is 0.497 e. The number of H-pyrrole nitrogens is 1. The number of aromatic nitrogens is 2. The molecule has 0 unspecified atom stereocenters. The minimum atomic E-state index is 0.317. The number of ether oxygens (including phenoxy) is 2. The van der Waals surface area contributed by atoms with Crippen molar-refractivity contribution in [3.63, 3.8) is 0 Å². The standard InChI is InChI=1S/C14H10Cl2N2O2/c1-19-8-2-4-9(5-3-8)20-13-7-12-11(6-10(13)15)17-14(16)18-12/h2-7H,1H3,(H,17,18). The van der Waals surface area contributed by atoms with E-state index >= 15 is 0 Å². The fourth-order valence-corrected chi connectivity index (χ4v) is 2.22. The number of nitrogens with zero attached hydrogens (tertiary/aromatic N) is 1. The molecule has 0 aliphatic rings.